The van der Waals surface area contributed by atoms with E-state index in [2.05, 4.69) is 50.3 Å². The van der Waals surface area contributed by atoms with E-state index in [1.54, 1.807) is 22.9 Å². The first-order chi connectivity index (χ1) is 15.3. The second-order valence-corrected chi connectivity index (χ2v) is 9.26. The molecule has 2 N–H and O–H groups in total. The normalized spacial score (nSPS) is 11.4. The van der Waals surface area contributed by atoms with E-state index in [1.807, 2.05) is 24.3 Å². The van der Waals surface area contributed by atoms with E-state index in [0.29, 0.717) is 21.4 Å². The van der Waals surface area contributed by atoms with Crippen LogP contribution in [0.4, 0.5) is 0 Å². The van der Waals surface area contributed by atoms with E-state index in [4.69, 9.17) is 0 Å². The van der Waals surface area contributed by atoms with Crippen molar-refractivity contribution < 1.29 is 4.79 Å². The molecule has 4 aromatic rings. The van der Waals surface area contributed by atoms with Gasteiger partial charge in [0, 0.05) is 0 Å². The van der Waals surface area contributed by atoms with Crippen LogP contribution in [-0.4, -0.2) is 29.2 Å². The van der Waals surface area contributed by atoms with Gasteiger partial charge >= 0.3 is 140 Å². The number of carbonyl (C=O) groups is 1. The summed E-state index contributed by atoms with van der Waals surface area (Å²) >= 11 is 0. The van der Waals surface area contributed by atoms with Crippen molar-refractivity contribution in [1.82, 2.24) is 14.9 Å². The number of nitrogens with zero attached hydrogens (tertiary/aromatic N) is 1. The number of nitrogens with one attached hydrogen (secondary N) is 2. The molecule has 2 aromatic carbocycles. The van der Waals surface area contributed by atoms with Gasteiger partial charge in [-0.3, -0.25) is 0 Å². The molecule has 160 valence electrons. The standard InChI is InChI=1S/C25H25BN3O2P/c1-15-6-7-18(11-16(15)2)13-29-10-4-5-20(25(29)31)24(30)27-14-32-19-8-9-22-21(12-19)23(26)17(3)28-22/h4-12,26,28,32H,3,13-14H2,1-2H3,(H,27,30). The fourth-order valence-corrected chi connectivity index (χ4v) is 4.57. The zero-order valence-corrected chi connectivity index (χ0v) is 19.3. The predicted octanol–water partition coefficient (Wildman–Crippen LogP) is 2.25. The second kappa shape index (κ2) is 9.09. The van der Waals surface area contributed by atoms with Crippen molar-refractivity contribution in [1.29, 1.82) is 0 Å². The van der Waals surface area contributed by atoms with Crippen molar-refractivity contribution in [2.24, 2.45) is 0 Å². The van der Waals surface area contributed by atoms with Crippen LogP contribution < -0.4 is 21.5 Å². The summed E-state index contributed by atoms with van der Waals surface area (Å²) in [6.07, 6.45) is 2.18. The molecule has 0 spiro atoms. The van der Waals surface area contributed by atoms with Gasteiger partial charge in [0.05, 0.1) is 0 Å². The number of H-pyrrole nitrogens is 1. The molecular weight excluding hydrogens is 416 g/mol. The van der Waals surface area contributed by atoms with Crippen LogP contribution in [0.2, 0.25) is 0 Å². The van der Waals surface area contributed by atoms with Gasteiger partial charge in [0.25, 0.3) is 0 Å². The third-order valence-corrected chi connectivity index (χ3v) is 6.80. The molecule has 1 unspecified atom stereocenters. The van der Waals surface area contributed by atoms with Crippen LogP contribution in [0.1, 0.15) is 27.0 Å². The third-order valence-electron chi connectivity index (χ3n) is 5.73. The topological polar surface area (TPSA) is 66.9 Å². The van der Waals surface area contributed by atoms with Crippen LogP contribution >= 0.6 is 8.58 Å². The maximum absolute atomic E-state index is 12.9. The number of rotatable bonds is 6. The zero-order chi connectivity index (χ0) is 22.8. The molecule has 0 fully saturated rings. The van der Waals surface area contributed by atoms with Gasteiger partial charge in [-0.05, 0) is 30.5 Å². The fourth-order valence-electron chi connectivity index (χ4n) is 3.67. The Morgan fingerprint density at radius 1 is 1.16 bits per heavy atom. The van der Waals surface area contributed by atoms with Crippen molar-refractivity contribution in [3.05, 3.63) is 97.8 Å². The van der Waals surface area contributed by atoms with Gasteiger partial charge in [0.2, 0.25) is 0 Å². The van der Waals surface area contributed by atoms with E-state index >= 15 is 0 Å². The summed E-state index contributed by atoms with van der Waals surface area (Å²) in [6.45, 7) is 8.49. The molecule has 32 heavy (non-hydrogen) atoms. The molecule has 1 amide bonds. The van der Waals surface area contributed by atoms with Crippen molar-refractivity contribution in [3.63, 3.8) is 0 Å². The zero-order valence-electron chi connectivity index (χ0n) is 18.3. The van der Waals surface area contributed by atoms with Crippen molar-refractivity contribution in [3.8, 4) is 0 Å². The molecular formula is C25H25BN3O2P. The molecule has 4 rings (SSSR count). The Morgan fingerprint density at radius 3 is 2.75 bits per heavy atom. The summed E-state index contributed by atoms with van der Waals surface area (Å²) in [7, 11) is 4.43. The second-order valence-electron chi connectivity index (χ2n) is 7.98. The first-order valence-electron chi connectivity index (χ1n) is 10.4. The van der Waals surface area contributed by atoms with Gasteiger partial charge in [-0.15, -0.1) is 0 Å². The Kier molecular flexibility index (Phi) is 6.25. The maximum atomic E-state index is 12.9. The Bertz CT molecular complexity index is 1490. The van der Waals surface area contributed by atoms with E-state index in [-0.39, 0.29) is 17.0 Å². The summed E-state index contributed by atoms with van der Waals surface area (Å²) in [5.41, 5.74) is 4.30. The number of hydrogen-bond acceptors (Lipinski definition) is 2. The van der Waals surface area contributed by atoms with Crippen LogP contribution in [0.25, 0.3) is 17.5 Å². The number of fused-ring (bicyclic) bond motifs is 1. The Labute approximate surface area is 189 Å². The van der Waals surface area contributed by atoms with E-state index < -0.39 is 0 Å². The fraction of sp³-hybridized carbons (Fsp3) is 0.160. The van der Waals surface area contributed by atoms with Crippen molar-refractivity contribution in [2.45, 2.75) is 20.4 Å². The monoisotopic (exact) mass is 441 g/mol. The number of carbonyl (C=O) groups excluding carboxylic acids is 1. The summed E-state index contributed by atoms with van der Waals surface area (Å²) < 4.78 is 1.58. The van der Waals surface area contributed by atoms with Gasteiger partial charge in [-0.25, -0.2) is 0 Å². The van der Waals surface area contributed by atoms with Crippen molar-refractivity contribution >= 4 is 44.8 Å². The number of aromatic nitrogens is 2. The number of amides is 1. The first-order valence-corrected chi connectivity index (χ1v) is 11.6. The Morgan fingerprint density at radius 2 is 1.97 bits per heavy atom. The number of benzene rings is 2. The quantitative estimate of drug-likeness (QED) is 0.356. The molecule has 0 aliphatic heterocycles. The predicted molar refractivity (Wildman–Crippen MR) is 135 cm³/mol. The molecule has 7 heteroatoms. The van der Waals surface area contributed by atoms with Gasteiger partial charge in [-0.1, -0.05) is 18.2 Å². The summed E-state index contributed by atoms with van der Waals surface area (Å²) in [5, 5.41) is 6.75. The molecule has 0 saturated carbocycles. The van der Waals surface area contributed by atoms with Crippen LogP contribution in [0.15, 0.2) is 59.5 Å². The summed E-state index contributed by atoms with van der Waals surface area (Å²) in [6, 6.07) is 15.6. The van der Waals surface area contributed by atoms with Crippen LogP contribution in [0.3, 0.4) is 0 Å². The molecule has 5 nitrogen and oxygen atoms in total. The summed E-state index contributed by atoms with van der Waals surface area (Å²) in [4.78, 5) is 28.8. The van der Waals surface area contributed by atoms with Gasteiger partial charge in [0.15, 0.2) is 0 Å². The summed E-state index contributed by atoms with van der Waals surface area (Å²) in [5.74, 6) is -0.349. The van der Waals surface area contributed by atoms with Gasteiger partial charge < -0.3 is 0 Å². The van der Waals surface area contributed by atoms with E-state index in [1.165, 1.54) is 11.1 Å². The number of aryl methyl sites for hydroxylation is 2. The minimum atomic E-state index is -0.349. The number of hydrogen-bond donors (Lipinski definition) is 2. The average molecular weight is 441 g/mol. The van der Waals surface area contributed by atoms with E-state index in [9.17, 15) is 9.59 Å². The number of pyridine rings is 1. The Hall–Kier alpha value is -3.24. The minimum absolute atomic E-state index is 0.156. The molecule has 0 saturated heterocycles. The van der Waals surface area contributed by atoms with Crippen LogP contribution in [0, 0.1) is 19.0 Å². The molecule has 2 heterocycles. The van der Waals surface area contributed by atoms with Crippen molar-refractivity contribution in [2.75, 3.05) is 6.29 Å². The molecule has 0 aliphatic carbocycles. The molecule has 0 bridgehead atoms. The molecule has 1 atom stereocenters. The van der Waals surface area contributed by atoms with Crippen LogP contribution in [0.5, 0.6) is 0 Å². The first kappa shape index (κ1) is 22.0. The Balaban J connectivity index is 1.44. The number of aromatic amines is 1. The van der Waals surface area contributed by atoms with Crippen LogP contribution in [-0.2, 0) is 6.54 Å². The van der Waals surface area contributed by atoms with Gasteiger partial charge in [-0.2, -0.15) is 0 Å². The average Bonchev–Trinajstić information content (AvgIpc) is 3.05. The molecule has 2 aromatic heterocycles. The third kappa shape index (κ3) is 4.51. The SMILES string of the molecule is B=c1c(=C)[nH]c2ccc(PCNC(=O)c3cccn(Cc4ccc(C)c(C)c4)c3=O)cc12. The molecule has 0 aliphatic rings. The van der Waals surface area contributed by atoms with Gasteiger partial charge in [0.1, 0.15) is 0 Å². The van der Waals surface area contributed by atoms with E-state index in [0.717, 1.165) is 32.2 Å². The molecule has 0 radical (unpaired) electrons.